The van der Waals surface area contributed by atoms with Crippen molar-refractivity contribution in [2.24, 2.45) is 5.73 Å². The summed E-state index contributed by atoms with van der Waals surface area (Å²) in [6.07, 6.45) is 1.32. The molecular formula is C19H20ClN5O3S. The van der Waals surface area contributed by atoms with Crippen LogP contribution in [0.3, 0.4) is 0 Å². The molecule has 1 amide bonds. The minimum absolute atomic E-state index is 0.0523. The second-order valence-electron chi connectivity index (χ2n) is 7.39. The van der Waals surface area contributed by atoms with Crippen molar-refractivity contribution in [1.29, 1.82) is 0 Å². The van der Waals surface area contributed by atoms with Crippen LogP contribution in [0.25, 0.3) is 5.69 Å². The van der Waals surface area contributed by atoms with Crippen LogP contribution in [0.4, 0.5) is 11.4 Å². The topological polar surface area (TPSA) is 111 Å². The Kier molecular flexibility index (Phi) is 5.63. The first-order valence-electron chi connectivity index (χ1n) is 8.65. The molecule has 0 saturated carbocycles. The van der Waals surface area contributed by atoms with E-state index in [2.05, 4.69) is 31.1 Å². The maximum atomic E-state index is 12.2. The number of primary amides is 1. The van der Waals surface area contributed by atoms with Crippen molar-refractivity contribution in [2.45, 2.75) is 26.2 Å². The number of carbonyl (C=O) groups is 1. The van der Waals surface area contributed by atoms with Crippen LogP contribution in [0.1, 0.15) is 36.8 Å². The van der Waals surface area contributed by atoms with Crippen LogP contribution in [0.15, 0.2) is 48.7 Å². The van der Waals surface area contributed by atoms with Gasteiger partial charge in [-0.15, -0.1) is 5.10 Å². The third kappa shape index (κ3) is 4.41. The van der Waals surface area contributed by atoms with Gasteiger partial charge in [0.25, 0.3) is 5.91 Å². The molecule has 0 unspecified atom stereocenters. The number of amides is 1. The van der Waals surface area contributed by atoms with E-state index < -0.39 is 16.8 Å². The minimum Gasteiger partial charge on any atom is -0.364 e. The Labute approximate surface area is 175 Å². The molecule has 0 aliphatic carbocycles. The van der Waals surface area contributed by atoms with E-state index in [-0.39, 0.29) is 11.1 Å². The fraction of sp³-hybridized carbons (Fsp3) is 0.211. The first-order valence-corrected chi connectivity index (χ1v) is 10.2. The van der Waals surface area contributed by atoms with Crippen LogP contribution in [0, 0.1) is 0 Å². The Morgan fingerprint density at radius 2 is 1.79 bits per heavy atom. The molecule has 0 fully saturated rings. The lowest BCUT2D eigenvalue weighted by Gasteiger charge is -2.23. The highest BCUT2D eigenvalue weighted by molar-refractivity contribution is 7.74. The molecule has 2 aromatic carbocycles. The van der Waals surface area contributed by atoms with Crippen molar-refractivity contribution < 1.29 is 13.2 Å². The van der Waals surface area contributed by atoms with Crippen molar-refractivity contribution in [3.63, 3.8) is 0 Å². The Morgan fingerprint density at radius 1 is 1.14 bits per heavy atom. The molecule has 0 aliphatic heterocycles. The van der Waals surface area contributed by atoms with Crippen molar-refractivity contribution in [3.8, 4) is 5.69 Å². The molecular weight excluding hydrogens is 414 g/mol. The lowest BCUT2D eigenvalue weighted by atomic mass is 9.87. The predicted molar refractivity (Wildman–Crippen MR) is 112 cm³/mol. The number of hydrogen-bond donors (Lipinski definition) is 2. The van der Waals surface area contributed by atoms with Gasteiger partial charge in [-0.3, -0.25) is 4.79 Å². The number of hydrogen-bond acceptors (Lipinski definition) is 5. The van der Waals surface area contributed by atoms with Gasteiger partial charge in [-0.05, 0) is 41.3 Å². The van der Waals surface area contributed by atoms with E-state index in [1.807, 2.05) is 12.1 Å². The monoisotopic (exact) mass is 433 g/mol. The summed E-state index contributed by atoms with van der Waals surface area (Å²) in [5.41, 5.74) is 7.27. The summed E-state index contributed by atoms with van der Waals surface area (Å²) < 4.78 is 26.8. The van der Waals surface area contributed by atoms with Crippen LogP contribution in [0.2, 0.25) is 5.02 Å². The van der Waals surface area contributed by atoms with Crippen LogP contribution in [-0.2, 0) is 16.3 Å². The zero-order valence-electron chi connectivity index (χ0n) is 16.0. The highest BCUT2D eigenvalue weighted by Gasteiger charge is 2.20. The van der Waals surface area contributed by atoms with Crippen molar-refractivity contribution in [3.05, 3.63) is 64.9 Å². The van der Waals surface area contributed by atoms with E-state index in [4.69, 9.17) is 17.3 Å². The molecule has 8 nitrogen and oxygen atoms in total. The summed E-state index contributed by atoms with van der Waals surface area (Å²) >= 11 is 6.11. The molecule has 152 valence electrons. The third-order valence-corrected chi connectivity index (χ3v) is 5.31. The first-order chi connectivity index (χ1) is 13.6. The normalized spacial score (nSPS) is 11.6. The fourth-order valence-electron chi connectivity index (χ4n) is 2.78. The molecule has 0 radical (unpaired) electrons. The van der Waals surface area contributed by atoms with E-state index in [1.54, 1.807) is 24.3 Å². The van der Waals surface area contributed by atoms with Crippen LogP contribution < -0.4 is 10.0 Å². The molecule has 0 saturated heterocycles. The van der Waals surface area contributed by atoms with E-state index >= 15 is 0 Å². The molecule has 3 rings (SSSR count). The summed E-state index contributed by atoms with van der Waals surface area (Å²) in [5, 5.41) is 7.94. The van der Waals surface area contributed by atoms with E-state index in [1.165, 1.54) is 16.9 Å². The van der Waals surface area contributed by atoms with Gasteiger partial charge in [0.2, 0.25) is 10.9 Å². The average molecular weight is 434 g/mol. The molecule has 0 spiro atoms. The van der Waals surface area contributed by atoms with Gasteiger partial charge in [-0.1, -0.05) is 49.7 Å². The molecule has 2 N–H and O–H groups in total. The van der Waals surface area contributed by atoms with Crippen LogP contribution in [0.5, 0.6) is 0 Å². The van der Waals surface area contributed by atoms with Crippen LogP contribution >= 0.6 is 11.6 Å². The number of carbonyl (C=O) groups excluding carboxylic acids is 1. The van der Waals surface area contributed by atoms with E-state index in [0.29, 0.717) is 22.1 Å². The quantitative estimate of drug-likeness (QED) is 0.601. The standard InChI is InChI=1S/C19H20ClN5O3S/c1-19(2,3)12-4-7-14(8-5-12)25(29(27)28)16-9-6-13(20)10-17(16)24-11-15(18(21)26)22-23-24/h4-11,29H,1-3H3,(H2,21,26). The molecule has 0 aliphatic rings. The second kappa shape index (κ2) is 7.84. The number of rotatable bonds is 5. The maximum absolute atomic E-state index is 12.2. The summed E-state index contributed by atoms with van der Waals surface area (Å²) in [6, 6.07) is 11.9. The zero-order valence-corrected chi connectivity index (χ0v) is 17.7. The maximum Gasteiger partial charge on any atom is 0.270 e. The van der Waals surface area contributed by atoms with Crippen molar-refractivity contribution in [1.82, 2.24) is 15.0 Å². The van der Waals surface area contributed by atoms with Gasteiger partial charge < -0.3 is 5.73 Å². The fourth-order valence-corrected chi connectivity index (χ4v) is 3.61. The predicted octanol–water partition coefficient (Wildman–Crippen LogP) is 2.98. The Morgan fingerprint density at radius 3 is 2.31 bits per heavy atom. The number of nitrogens with two attached hydrogens (primary N) is 1. The molecule has 10 heteroatoms. The molecule has 3 aromatic rings. The molecule has 29 heavy (non-hydrogen) atoms. The third-order valence-electron chi connectivity index (χ3n) is 4.30. The highest BCUT2D eigenvalue weighted by Crippen LogP contribution is 2.34. The summed E-state index contributed by atoms with van der Waals surface area (Å²) in [7, 11) is -3.04. The summed E-state index contributed by atoms with van der Waals surface area (Å²) in [6.45, 7) is 6.23. The molecule has 1 heterocycles. The van der Waals surface area contributed by atoms with E-state index in [0.717, 1.165) is 9.87 Å². The number of anilines is 2. The van der Waals surface area contributed by atoms with Gasteiger partial charge in [0.1, 0.15) is 0 Å². The molecule has 0 atom stereocenters. The number of halogens is 1. The average Bonchev–Trinajstić information content (AvgIpc) is 3.13. The lowest BCUT2D eigenvalue weighted by Crippen LogP contribution is -2.18. The van der Waals surface area contributed by atoms with Crippen molar-refractivity contribution in [2.75, 3.05) is 4.31 Å². The Balaban J connectivity index is 2.14. The van der Waals surface area contributed by atoms with Gasteiger partial charge in [-0.2, -0.15) is 0 Å². The Hall–Kier alpha value is -2.91. The number of nitrogens with zero attached hydrogens (tertiary/aromatic N) is 4. The summed E-state index contributed by atoms with van der Waals surface area (Å²) in [5.74, 6) is -0.746. The van der Waals surface area contributed by atoms with Gasteiger partial charge in [0.05, 0.1) is 23.3 Å². The Bertz CT molecular complexity index is 1130. The molecule has 0 bridgehead atoms. The number of thiol groups is 1. The molecule has 1 aromatic heterocycles. The zero-order chi connectivity index (χ0) is 21.3. The lowest BCUT2D eigenvalue weighted by molar-refractivity contribution is 0.0995. The van der Waals surface area contributed by atoms with Gasteiger partial charge >= 0.3 is 0 Å². The van der Waals surface area contributed by atoms with Gasteiger partial charge in [0.15, 0.2) is 5.69 Å². The van der Waals surface area contributed by atoms with E-state index in [9.17, 15) is 13.2 Å². The highest BCUT2D eigenvalue weighted by atomic mass is 35.5. The number of benzene rings is 2. The minimum atomic E-state index is -3.04. The first kappa shape index (κ1) is 20.8. The largest absolute Gasteiger partial charge is 0.364 e. The van der Waals surface area contributed by atoms with Crippen molar-refractivity contribution >= 4 is 39.8 Å². The van der Waals surface area contributed by atoms with Crippen LogP contribution in [-0.4, -0.2) is 29.3 Å². The SMILES string of the molecule is CC(C)(C)c1ccc(N(c2ccc(Cl)cc2-n2cc(C(N)=O)nn2)[SH](=O)=O)cc1. The van der Waals surface area contributed by atoms with Gasteiger partial charge in [-0.25, -0.2) is 17.4 Å². The second-order valence-corrected chi connectivity index (χ2v) is 8.70. The smallest absolute Gasteiger partial charge is 0.270 e. The van der Waals surface area contributed by atoms with Gasteiger partial charge in [0, 0.05) is 5.02 Å². The number of aromatic nitrogens is 3. The summed E-state index contributed by atoms with van der Waals surface area (Å²) in [4.78, 5) is 11.3.